The van der Waals surface area contributed by atoms with Crippen molar-refractivity contribution in [1.29, 1.82) is 0 Å². The first-order valence-corrected chi connectivity index (χ1v) is 7.58. The minimum Gasteiger partial charge on any atom is -0.313 e. The van der Waals surface area contributed by atoms with E-state index < -0.39 is 5.66 Å². The number of anilines is 1. The predicted octanol–water partition coefficient (Wildman–Crippen LogP) is 3.60. The Morgan fingerprint density at radius 2 is 1.77 bits per heavy atom. The zero-order valence-electron chi connectivity index (χ0n) is 13.2. The third-order valence-electron chi connectivity index (χ3n) is 4.37. The average molecular weight is 295 g/mol. The summed E-state index contributed by atoms with van der Waals surface area (Å²) in [6.45, 7) is 6.18. The summed E-state index contributed by atoms with van der Waals surface area (Å²) in [6.07, 6.45) is 0.754. The standard InChI is InChI=1S/C18H21N3O/c1-4-18(15-8-6-5-7-9-15)19-17(22)21(20-18)16-11-10-13(2)14(3)12-16/h5-12,20H,4H2,1-3H3,(H,19,22)/t18-/m1/s1. The van der Waals surface area contributed by atoms with Gasteiger partial charge in [0.2, 0.25) is 0 Å². The van der Waals surface area contributed by atoms with Gasteiger partial charge < -0.3 is 5.32 Å². The van der Waals surface area contributed by atoms with Crippen LogP contribution >= 0.6 is 0 Å². The van der Waals surface area contributed by atoms with Crippen molar-refractivity contribution in [1.82, 2.24) is 10.7 Å². The van der Waals surface area contributed by atoms with Crippen LogP contribution in [0.1, 0.15) is 30.0 Å². The van der Waals surface area contributed by atoms with E-state index in [1.807, 2.05) is 48.5 Å². The summed E-state index contributed by atoms with van der Waals surface area (Å²) in [7, 11) is 0. The molecule has 1 aliphatic rings. The van der Waals surface area contributed by atoms with E-state index >= 15 is 0 Å². The maximum atomic E-state index is 12.5. The fourth-order valence-corrected chi connectivity index (χ4v) is 2.79. The zero-order valence-corrected chi connectivity index (χ0v) is 13.2. The first-order valence-electron chi connectivity index (χ1n) is 7.58. The molecule has 2 aromatic carbocycles. The molecule has 1 heterocycles. The van der Waals surface area contributed by atoms with Gasteiger partial charge in [0.05, 0.1) is 5.69 Å². The van der Waals surface area contributed by atoms with Gasteiger partial charge in [0.1, 0.15) is 5.66 Å². The van der Waals surface area contributed by atoms with Crippen molar-refractivity contribution in [3.63, 3.8) is 0 Å². The van der Waals surface area contributed by atoms with Crippen LogP contribution in [0.4, 0.5) is 10.5 Å². The van der Waals surface area contributed by atoms with E-state index in [1.165, 1.54) is 11.1 Å². The van der Waals surface area contributed by atoms with Gasteiger partial charge in [-0.1, -0.05) is 43.3 Å². The molecule has 4 heteroatoms. The van der Waals surface area contributed by atoms with E-state index in [0.717, 1.165) is 17.7 Å². The van der Waals surface area contributed by atoms with Crippen molar-refractivity contribution in [3.8, 4) is 0 Å². The van der Waals surface area contributed by atoms with Crippen LogP contribution in [0.25, 0.3) is 0 Å². The second kappa shape index (κ2) is 5.46. The molecule has 0 saturated carbocycles. The van der Waals surface area contributed by atoms with Crippen LogP contribution in [0.3, 0.4) is 0 Å². The second-order valence-corrected chi connectivity index (χ2v) is 5.77. The lowest BCUT2D eigenvalue weighted by molar-refractivity contribution is 0.245. The predicted molar refractivity (Wildman–Crippen MR) is 88.5 cm³/mol. The highest BCUT2D eigenvalue weighted by atomic mass is 16.2. The molecule has 114 valence electrons. The van der Waals surface area contributed by atoms with Crippen LogP contribution in [0.2, 0.25) is 0 Å². The maximum absolute atomic E-state index is 12.5. The third-order valence-corrected chi connectivity index (χ3v) is 4.37. The minimum absolute atomic E-state index is 0.131. The van der Waals surface area contributed by atoms with Crippen LogP contribution in [0.5, 0.6) is 0 Å². The van der Waals surface area contributed by atoms with Gasteiger partial charge in [0.15, 0.2) is 0 Å². The van der Waals surface area contributed by atoms with Crippen LogP contribution in [0, 0.1) is 13.8 Å². The number of nitrogens with zero attached hydrogens (tertiary/aromatic N) is 1. The lowest BCUT2D eigenvalue weighted by Crippen LogP contribution is -2.47. The summed E-state index contributed by atoms with van der Waals surface area (Å²) in [5.41, 5.74) is 7.09. The molecule has 1 atom stereocenters. The van der Waals surface area contributed by atoms with E-state index in [9.17, 15) is 4.79 Å². The third kappa shape index (κ3) is 2.35. The maximum Gasteiger partial charge on any atom is 0.338 e. The van der Waals surface area contributed by atoms with Crippen molar-refractivity contribution >= 4 is 11.7 Å². The van der Waals surface area contributed by atoms with Crippen LogP contribution in [-0.2, 0) is 5.66 Å². The van der Waals surface area contributed by atoms with Crippen molar-refractivity contribution in [2.24, 2.45) is 0 Å². The summed E-state index contributed by atoms with van der Waals surface area (Å²) in [4.78, 5) is 12.5. The minimum atomic E-state index is -0.558. The number of aryl methyl sites for hydroxylation is 2. The molecule has 2 N–H and O–H groups in total. The number of hydrogen-bond acceptors (Lipinski definition) is 2. The molecule has 3 rings (SSSR count). The molecule has 0 radical (unpaired) electrons. The molecule has 0 aromatic heterocycles. The number of hydrazine groups is 1. The summed E-state index contributed by atoms with van der Waals surface area (Å²) in [5, 5.41) is 4.69. The number of rotatable bonds is 3. The van der Waals surface area contributed by atoms with Gasteiger partial charge in [0.25, 0.3) is 0 Å². The first-order chi connectivity index (χ1) is 10.6. The fraction of sp³-hybridized carbons (Fsp3) is 0.278. The molecule has 0 bridgehead atoms. The molecular weight excluding hydrogens is 274 g/mol. The second-order valence-electron chi connectivity index (χ2n) is 5.77. The fourth-order valence-electron chi connectivity index (χ4n) is 2.79. The lowest BCUT2D eigenvalue weighted by atomic mass is 9.98. The van der Waals surface area contributed by atoms with Crippen molar-refractivity contribution in [3.05, 3.63) is 65.2 Å². The van der Waals surface area contributed by atoms with Gasteiger partial charge in [-0.05, 0) is 49.1 Å². The highest BCUT2D eigenvalue weighted by Gasteiger charge is 2.42. The Kier molecular flexibility index (Phi) is 3.62. The summed E-state index contributed by atoms with van der Waals surface area (Å²) in [5.74, 6) is 0. The number of carbonyl (C=O) groups is 1. The lowest BCUT2D eigenvalue weighted by Gasteiger charge is -2.28. The van der Waals surface area contributed by atoms with Crippen LogP contribution in [0.15, 0.2) is 48.5 Å². The average Bonchev–Trinajstić information content (AvgIpc) is 2.89. The van der Waals surface area contributed by atoms with Gasteiger partial charge in [0, 0.05) is 0 Å². The number of nitrogens with one attached hydrogen (secondary N) is 2. The normalized spacial score (nSPS) is 21.0. The number of carbonyl (C=O) groups excluding carboxylic acids is 1. The Labute approximate surface area is 131 Å². The smallest absolute Gasteiger partial charge is 0.313 e. The monoisotopic (exact) mass is 295 g/mol. The largest absolute Gasteiger partial charge is 0.338 e. The van der Waals surface area contributed by atoms with Gasteiger partial charge in [-0.3, -0.25) is 0 Å². The number of hydrogen-bond donors (Lipinski definition) is 2. The summed E-state index contributed by atoms with van der Waals surface area (Å²) in [6, 6.07) is 15.9. The molecule has 1 aliphatic heterocycles. The van der Waals surface area contributed by atoms with Crippen molar-refractivity contribution in [2.45, 2.75) is 32.9 Å². The Bertz CT molecular complexity index is 699. The van der Waals surface area contributed by atoms with E-state index in [4.69, 9.17) is 0 Å². The van der Waals surface area contributed by atoms with Gasteiger partial charge in [-0.15, -0.1) is 0 Å². The summed E-state index contributed by atoms with van der Waals surface area (Å²) >= 11 is 0. The quantitative estimate of drug-likeness (QED) is 0.908. The highest BCUT2D eigenvalue weighted by molar-refractivity contribution is 5.94. The Morgan fingerprint density at radius 1 is 1.05 bits per heavy atom. The van der Waals surface area contributed by atoms with E-state index in [-0.39, 0.29) is 6.03 Å². The topological polar surface area (TPSA) is 44.4 Å². The van der Waals surface area contributed by atoms with Crippen LogP contribution in [-0.4, -0.2) is 6.03 Å². The molecular formula is C18H21N3O. The molecule has 22 heavy (non-hydrogen) atoms. The molecule has 4 nitrogen and oxygen atoms in total. The molecule has 0 spiro atoms. The summed E-state index contributed by atoms with van der Waals surface area (Å²) < 4.78 is 0. The van der Waals surface area contributed by atoms with E-state index in [0.29, 0.717) is 0 Å². The Balaban J connectivity index is 1.96. The molecule has 2 aromatic rings. The Morgan fingerprint density at radius 3 is 2.41 bits per heavy atom. The van der Waals surface area contributed by atoms with Gasteiger partial charge in [-0.25, -0.2) is 9.80 Å². The molecule has 0 aliphatic carbocycles. The highest BCUT2D eigenvalue weighted by Crippen LogP contribution is 2.30. The van der Waals surface area contributed by atoms with Crippen molar-refractivity contribution in [2.75, 3.05) is 5.01 Å². The number of benzene rings is 2. The molecule has 1 fully saturated rings. The Hall–Kier alpha value is -2.33. The SMILES string of the molecule is CC[C@@]1(c2ccccc2)NC(=O)N(c2ccc(C)c(C)c2)N1. The molecule has 1 saturated heterocycles. The van der Waals surface area contributed by atoms with E-state index in [2.05, 4.69) is 31.5 Å². The van der Waals surface area contributed by atoms with Crippen LogP contribution < -0.4 is 15.8 Å². The molecule has 0 unspecified atom stereocenters. The molecule has 2 amide bonds. The zero-order chi connectivity index (χ0) is 15.7. The first kappa shape index (κ1) is 14.6. The van der Waals surface area contributed by atoms with Gasteiger partial charge >= 0.3 is 6.03 Å². The number of amides is 2. The van der Waals surface area contributed by atoms with Crippen molar-refractivity contribution < 1.29 is 4.79 Å². The number of urea groups is 1. The van der Waals surface area contributed by atoms with Gasteiger partial charge in [-0.2, -0.15) is 5.43 Å². The van der Waals surface area contributed by atoms with E-state index in [1.54, 1.807) is 5.01 Å².